The Morgan fingerprint density at radius 1 is 1.25 bits per heavy atom. The Hall–Kier alpha value is -0.930. The highest BCUT2D eigenvalue weighted by molar-refractivity contribution is 5.23. The van der Waals surface area contributed by atoms with Crippen molar-refractivity contribution in [3.05, 3.63) is 29.1 Å². The predicted octanol–water partition coefficient (Wildman–Crippen LogP) is 3.94. The van der Waals surface area contributed by atoms with E-state index in [1.165, 1.54) is 5.56 Å². The van der Waals surface area contributed by atoms with E-state index < -0.39 is 0 Å². The molecular formula is C17H30N2O. The number of hydrogen-bond acceptors (Lipinski definition) is 3. The molecule has 0 bridgehead atoms. The molecule has 3 nitrogen and oxygen atoms in total. The summed E-state index contributed by atoms with van der Waals surface area (Å²) < 4.78 is 5.54. The van der Waals surface area contributed by atoms with Gasteiger partial charge in [-0.15, -0.1) is 0 Å². The molecule has 1 unspecified atom stereocenters. The first kappa shape index (κ1) is 17.1. The van der Waals surface area contributed by atoms with E-state index in [-0.39, 0.29) is 5.60 Å². The quantitative estimate of drug-likeness (QED) is 0.782. The molecule has 0 fully saturated rings. The molecule has 0 aromatic carbocycles. The van der Waals surface area contributed by atoms with Crippen molar-refractivity contribution in [3.63, 3.8) is 0 Å². The molecule has 0 aliphatic carbocycles. The molecule has 0 saturated heterocycles. The van der Waals surface area contributed by atoms with E-state index >= 15 is 0 Å². The van der Waals surface area contributed by atoms with Gasteiger partial charge < -0.3 is 10.1 Å². The van der Waals surface area contributed by atoms with Crippen LogP contribution >= 0.6 is 0 Å². The van der Waals surface area contributed by atoms with Crippen LogP contribution in [0.1, 0.15) is 63.0 Å². The van der Waals surface area contributed by atoms with Gasteiger partial charge in [-0.3, -0.25) is 4.98 Å². The van der Waals surface area contributed by atoms with E-state index in [1.807, 2.05) is 0 Å². The molecule has 1 heterocycles. The molecule has 1 atom stereocenters. The lowest BCUT2D eigenvalue weighted by atomic mass is 9.94. The molecule has 1 rings (SSSR count). The van der Waals surface area contributed by atoms with E-state index in [9.17, 15) is 0 Å². The minimum atomic E-state index is -0.0662. The molecule has 1 N–H and O–H groups in total. The standard InChI is InChI=1S/C17H30N2O/c1-7-10-18-16(8-9-17(4,5)20-6)15-11-13(2)19-14(3)12-15/h11-12,16,18H,7-10H2,1-6H3. The Kier molecular flexibility index (Phi) is 6.63. The van der Waals surface area contributed by atoms with Gasteiger partial charge in [0.2, 0.25) is 0 Å². The van der Waals surface area contributed by atoms with Crippen LogP contribution in [0.3, 0.4) is 0 Å². The maximum atomic E-state index is 5.54. The molecule has 20 heavy (non-hydrogen) atoms. The second kappa shape index (κ2) is 7.75. The van der Waals surface area contributed by atoms with Gasteiger partial charge in [-0.25, -0.2) is 0 Å². The lowest BCUT2D eigenvalue weighted by Crippen LogP contribution is -2.28. The molecular weight excluding hydrogens is 248 g/mol. The Labute approximate surface area is 124 Å². The lowest BCUT2D eigenvalue weighted by molar-refractivity contribution is 0.0117. The van der Waals surface area contributed by atoms with E-state index in [0.29, 0.717) is 6.04 Å². The second-order valence-corrected chi connectivity index (χ2v) is 6.19. The van der Waals surface area contributed by atoms with Crippen LogP contribution in [0.15, 0.2) is 12.1 Å². The van der Waals surface area contributed by atoms with Gasteiger partial charge in [-0.05, 0) is 71.2 Å². The maximum Gasteiger partial charge on any atom is 0.0623 e. The van der Waals surface area contributed by atoms with Gasteiger partial charge in [0.05, 0.1) is 5.60 Å². The van der Waals surface area contributed by atoms with Gasteiger partial charge in [0.15, 0.2) is 0 Å². The minimum absolute atomic E-state index is 0.0662. The Bertz CT molecular complexity index is 395. The smallest absolute Gasteiger partial charge is 0.0623 e. The third kappa shape index (κ3) is 5.59. The Morgan fingerprint density at radius 2 is 1.85 bits per heavy atom. The number of ether oxygens (including phenoxy) is 1. The highest BCUT2D eigenvalue weighted by atomic mass is 16.5. The summed E-state index contributed by atoms with van der Waals surface area (Å²) in [6, 6.07) is 4.77. The maximum absolute atomic E-state index is 5.54. The number of hydrogen-bond donors (Lipinski definition) is 1. The molecule has 3 heteroatoms. The Morgan fingerprint density at radius 3 is 2.35 bits per heavy atom. The van der Waals surface area contributed by atoms with Gasteiger partial charge in [0, 0.05) is 24.5 Å². The topological polar surface area (TPSA) is 34.1 Å². The van der Waals surface area contributed by atoms with Crippen LogP contribution in [0.2, 0.25) is 0 Å². The fourth-order valence-electron chi connectivity index (χ4n) is 2.37. The molecule has 0 aliphatic rings. The first-order valence-electron chi connectivity index (χ1n) is 7.61. The van der Waals surface area contributed by atoms with Crippen molar-refractivity contribution in [2.45, 2.75) is 65.5 Å². The first-order valence-corrected chi connectivity index (χ1v) is 7.61. The molecule has 1 aromatic heterocycles. The van der Waals surface area contributed by atoms with E-state index in [4.69, 9.17) is 4.74 Å². The van der Waals surface area contributed by atoms with Crippen LogP contribution in [0.4, 0.5) is 0 Å². The van der Waals surface area contributed by atoms with Crippen molar-refractivity contribution >= 4 is 0 Å². The van der Waals surface area contributed by atoms with E-state index in [0.717, 1.165) is 37.2 Å². The number of methoxy groups -OCH3 is 1. The summed E-state index contributed by atoms with van der Waals surface area (Å²) in [4.78, 5) is 4.47. The SMILES string of the molecule is CCCNC(CCC(C)(C)OC)c1cc(C)nc(C)c1. The number of nitrogens with one attached hydrogen (secondary N) is 1. The molecule has 0 spiro atoms. The normalized spacial score (nSPS) is 13.5. The van der Waals surface area contributed by atoms with Crippen molar-refractivity contribution in [1.29, 1.82) is 0 Å². The lowest BCUT2D eigenvalue weighted by Gasteiger charge is -2.27. The second-order valence-electron chi connectivity index (χ2n) is 6.19. The summed E-state index contributed by atoms with van der Waals surface area (Å²) in [5, 5.41) is 3.65. The molecule has 114 valence electrons. The third-order valence-electron chi connectivity index (χ3n) is 3.73. The van der Waals surface area contributed by atoms with Crippen molar-refractivity contribution in [3.8, 4) is 0 Å². The first-order chi connectivity index (χ1) is 9.38. The summed E-state index contributed by atoms with van der Waals surface area (Å²) in [5.41, 5.74) is 3.46. The molecule has 0 amide bonds. The fraction of sp³-hybridized carbons (Fsp3) is 0.706. The van der Waals surface area contributed by atoms with Crippen molar-refractivity contribution in [1.82, 2.24) is 10.3 Å². The van der Waals surface area contributed by atoms with Gasteiger partial charge >= 0.3 is 0 Å². The molecule has 0 aliphatic heterocycles. The average Bonchev–Trinajstić information content (AvgIpc) is 2.37. The van der Waals surface area contributed by atoms with Crippen molar-refractivity contribution < 1.29 is 4.74 Å². The van der Waals surface area contributed by atoms with E-state index in [2.05, 4.69) is 57.1 Å². The van der Waals surface area contributed by atoms with Crippen molar-refractivity contribution in [2.24, 2.45) is 0 Å². The van der Waals surface area contributed by atoms with Gasteiger partial charge in [-0.2, -0.15) is 0 Å². The van der Waals surface area contributed by atoms with Crippen LogP contribution in [-0.2, 0) is 4.74 Å². The molecule has 0 saturated carbocycles. The summed E-state index contributed by atoms with van der Waals surface area (Å²) in [6.45, 7) is 11.7. The number of rotatable bonds is 8. The zero-order chi connectivity index (χ0) is 15.2. The van der Waals surface area contributed by atoms with Crippen LogP contribution in [0.25, 0.3) is 0 Å². The highest BCUT2D eigenvalue weighted by Crippen LogP contribution is 2.25. The van der Waals surface area contributed by atoms with Gasteiger partial charge in [0.25, 0.3) is 0 Å². The number of nitrogens with zero attached hydrogens (tertiary/aromatic N) is 1. The van der Waals surface area contributed by atoms with Crippen LogP contribution in [0.5, 0.6) is 0 Å². The number of aryl methyl sites for hydroxylation is 2. The van der Waals surface area contributed by atoms with Gasteiger partial charge in [-0.1, -0.05) is 6.92 Å². The fourth-order valence-corrected chi connectivity index (χ4v) is 2.37. The predicted molar refractivity (Wildman–Crippen MR) is 85.1 cm³/mol. The van der Waals surface area contributed by atoms with Crippen molar-refractivity contribution in [2.75, 3.05) is 13.7 Å². The Balaban J connectivity index is 2.82. The number of aromatic nitrogens is 1. The average molecular weight is 278 g/mol. The zero-order valence-corrected chi connectivity index (χ0v) is 13.9. The minimum Gasteiger partial charge on any atom is -0.379 e. The third-order valence-corrected chi connectivity index (χ3v) is 3.73. The van der Waals surface area contributed by atoms with Gasteiger partial charge in [0.1, 0.15) is 0 Å². The summed E-state index contributed by atoms with van der Waals surface area (Å²) in [7, 11) is 1.79. The summed E-state index contributed by atoms with van der Waals surface area (Å²) in [6.07, 6.45) is 3.25. The summed E-state index contributed by atoms with van der Waals surface area (Å²) >= 11 is 0. The van der Waals surface area contributed by atoms with E-state index in [1.54, 1.807) is 7.11 Å². The largest absolute Gasteiger partial charge is 0.379 e. The van der Waals surface area contributed by atoms with Crippen LogP contribution in [-0.4, -0.2) is 24.2 Å². The monoisotopic (exact) mass is 278 g/mol. The van der Waals surface area contributed by atoms with Crippen LogP contribution < -0.4 is 5.32 Å². The summed E-state index contributed by atoms with van der Waals surface area (Å²) in [5.74, 6) is 0. The van der Waals surface area contributed by atoms with Crippen LogP contribution in [0, 0.1) is 13.8 Å². The number of pyridine rings is 1. The zero-order valence-electron chi connectivity index (χ0n) is 13.9. The highest BCUT2D eigenvalue weighted by Gasteiger charge is 2.20. The molecule has 0 radical (unpaired) electrons. The molecule has 1 aromatic rings.